The Morgan fingerprint density at radius 3 is 2.60 bits per heavy atom. The van der Waals surface area contributed by atoms with Crippen LogP contribution in [0.1, 0.15) is 17.0 Å². The first-order chi connectivity index (χ1) is 11.8. The van der Waals surface area contributed by atoms with Crippen molar-refractivity contribution in [1.29, 1.82) is 0 Å². The van der Waals surface area contributed by atoms with Gasteiger partial charge in [0.25, 0.3) is 0 Å². The molecule has 0 radical (unpaired) electrons. The summed E-state index contributed by atoms with van der Waals surface area (Å²) < 4.78 is 43.9. The van der Waals surface area contributed by atoms with Crippen molar-refractivity contribution < 1.29 is 17.6 Å². The van der Waals surface area contributed by atoms with E-state index >= 15 is 0 Å². The highest BCUT2D eigenvalue weighted by atomic mass is 35.5. The number of nitrogens with one attached hydrogen (secondary N) is 1. The summed E-state index contributed by atoms with van der Waals surface area (Å²) in [5, 5.41) is 10.8. The van der Waals surface area contributed by atoms with Gasteiger partial charge in [-0.3, -0.25) is 0 Å². The Morgan fingerprint density at radius 1 is 1.12 bits per heavy atom. The summed E-state index contributed by atoms with van der Waals surface area (Å²) in [4.78, 5) is 0. The zero-order valence-electron chi connectivity index (χ0n) is 13.1. The van der Waals surface area contributed by atoms with Crippen molar-refractivity contribution in [2.45, 2.75) is 19.6 Å². The van der Waals surface area contributed by atoms with Crippen molar-refractivity contribution in [2.75, 3.05) is 5.32 Å². The molecule has 0 amide bonds. The molecule has 0 aliphatic heterocycles. The molecule has 25 heavy (non-hydrogen) atoms. The van der Waals surface area contributed by atoms with Crippen LogP contribution in [0.5, 0.6) is 0 Å². The van der Waals surface area contributed by atoms with Crippen LogP contribution < -0.4 is 5.32 Å². The predicted molar refractivity (Wildman–Crippen MR) is 88.3 cm³/mol. The van der Waals surface area contributed by atoms with Crippen LogP contribution in [0.3, 0.4) is 0 Å². The number of halogens is 4. The summed E-state index contributed by atoms with van der Waals surface area (Å²) in [6, 6.07) is 10.6. The lowest BCUT2D eigenvalue weighted by atomic mass is 10.1. The van der Waals surface area contributed by atoms with Gasteiger partial charge in [-0.25, -0.2) is 0 Å². The fourth-order valence-electron chi connectivity index (χ4n) is 2.25. The quantitative estimate of drug-likeness (QED) is 0.677. The molecule has 1 N–H and O–H groups in total. The second kappa shape index (κ2) is 6.76. The third kappa shape index (κ3) is 3.93. The summed E-state index contributed by atoms with van der Waals surface area (Å²) in [6.45, 7) is 1.97. The van der Waals surface area contributed by atoms with E-state index in [1.807, 2.05) is 31.2 Å². The molecule has 1 aromatic heterocycles. The van der Waals surface area contributed by atoms with E-state index in [1.54, 1.807) is 0 Å². The monoisotopic (exact) mass is 367 g/mol. The van der Waals surface area contributed by atoms with Crippen molar-refractivity contribution >= 4 is 17.3 Å². The summed E-state index contributed by atoms with van der Waals surface area (Å²) in [5.41, 5.74) is 1.14. The van der Waals surface area contributed by atoms with Gasteiger partial charge in [0, 0.05) is 5.56 Å². The molecule has 3 rings (SSSR count). The average molecular weight is 368 g/mol. The summed E-state index contributed by atoms with van der Waals surface area (Å²) in [7, 11) is 0. The van der Waals surface area contributed by atoms with E-state index in [4.69, 9.17) is 16.0 Å². The van der Waals surface area contributed by atoms with Gasteiger partial charge in [-0.05, 0) is 36.8 Å². The third-order valence-corrected chi connectivity index (χ3v) is 3.90. The second-order valence-corrected chi connectivity index (χ2v) is 5.77. The number of aromatic nitrogens is 2. The van der Waals surface area contributed by atoms with Crippen LogP contribution in [0.2, 0.25) is 5.02 Å². The Kier molecular flexibility index (Phi) is 4.67. The van der Waals surface area contributed by atoms with Crippen LogP contribution in [0, 0.1) is 6.92 Å². The molecule has 0 saturated carbocycles. The molecule has 0 bridgehead atoms. The van der Waals surface area contributed by atoms with Crippen LogP contribution >= 0.6 is 11.6 Å². The topological polar surface area (TPSA) is 51.0 Å². The van der Waals surface area contributed by atoms with Gasteiger partial charge in [0.15, 0.2) is 0 Å². The summed E-state index contributed by atoms with van der Waals surface area (Å²) in [5.74, 6) is 0.594. The predicted octanol–water partition coefficient (Wildman–Crippen LogP) is 5.33. The minimum Gasteiger partial charge on any atom is -0.419 e. The zero-order chi connectivity index (χ0) is 18.0. The van der Waals surface area contributed by atoms with E-state index in [9.17, 15) is 13.2 Å². The lowest BCUT2D eigenvalue weighted by Crippen LogP contribution is -2.07. The number of hydrogen-bond donors (Lipinski definition) is 1. The van der Waals surface area contributed by atoms with Gasteiger partial charge in [-0.1, -0.05) is 29.8 Å². The van der Waals surface area contributed by atoms with Crippen LogP contribution in [0.4, 0.5) is 18.9 Å². The number of rotatable bonds is 4. The Balaban J connectivity index is 1.76. The Hall–Kier alpha value is -2.54. The highest BCUT2D eigenvalue weighted by molar-refractivity contribution is 6.33. The minimum absolute atomic E-state index is 0.0555. The first-order valence-corrected chi connectivity index (χ1v) is 7.71. The van der Waals surface area contributed by atoms with Gasteiger partial charge in [0.1, 0.15) is 0 Å². The lowest BCUT2D eigenvalue weighted by Gasteiger charge is -2.11. The van der Waals surface area contributed by atoms with Gasteiger partial charge < -0.3 is 9.73 Å². The average Bonchev–Trinajstić information content (AvgIpc) is 3.02. The van der Waals surface area contributed by atoms with E-state index in [0.29, 0.717) is 5.89 Å². The fraction of sp³-hybridized carbons (Fsp3) is 0.176. The molecule has 3 aromatic rings. The molecule has 4 nitrogen and oxygen atoms in total. The molecular weight excluding hydrogens is 355 g/mol. The Labute approximate surface area is 146 Å². The first kappa shape index (κ1) is 17.3. The van der Waals surface area contributed by atoms with Gasteiger partial charge in [0.05, 0.1) is 22.8 Å². The van der Waals surface area contributed by atoms with E-state index in [1.165, 1.54) is 6.07 Å². The Morgan fingerprint density at radius 2 is 1.88 bits per heavy atom. The van der Waals surface area contributed by atoms with Gasteiger partial charge >= 0.3 is 6.18 Å². The van der Waals surface area contributed by atoms with E-state index < -0.39 is 11.7 Å². The van der Waals surface area contributed by atoms with Crippen LogP contribution in [-0.4, -0.2) is 10.2 Å². The number of hydrogen-bond acceptors (Lipinski definition) is 4. The molecule has 8 heteroatoms. The highest BCUT2D eigenvalue weighted by Crippen LogP contribution is 2.34. The van der Waals surface area contributed by atoms with Crippen molar-refractivity contribution in [3.63, 3.8) is 0 Å². The highest BCUT2D eigenvalue weighted by Gasteiger charge is 2.31. The van der Waals surface area contributed by atoms with E-state index in [-0.39, 0.29) is 23.1 Å². The van der Waals surface area contributed by atoms with Crippen LogP contribution in [-0.2, 0) is 12.7 Å². The maximum absolute atomic E-state index is 12.8. The van der Waals surface area contributed by atoms with Crippen LogP contribution in [0.25, 0.3) is 11.5 Å². The summed E-state index contributed by atoms with van der Waals surface area (Å²) >= 11 is 5.94. The normalized spacial score (nSPS) is 11.6. The number of nitrogens with zero attached hydrogens (tertiary/aromatic N) is 2. The van der Waals surface area contributed by atoms with Gasteiger partial charge in [0.2, 0.25) is 11.8 Å². The SMILES string of the molecule is Cc1ccccc1-c1nnc(CNc2cc(C(F)(F)F)ccc2Cl)o1. The second-order valence-electron chi connectivity index (χ2n) is 5.36. The molecule has 2 aromatic carbocycles. The summed E-state index contributed by atoms with van der Waals surface area (Å²) in [6.07, 6.45) is -4.44. The fourth-order valence-corrected chi connectivity index (χ4v) is 2.44. The molecule has 0 aliphatic rings. The Bertz CT molecular complexity index is 893. The molecule has 0 spiro atoms. The number of aryl methyl sites for hydroxylation is 1. The number of anilines is 1. The van der Waals surface area contributed by atoms with Crippen molar-refractivity contribution in [1.82, 2.24) is 10.2 Å². The maximum atomic E-state index is 12.8. The molecule has 1 heterocycles. The first-order valence-electron chi connectivity index (χ1n) is 7.33. The molecule has 0 fully saturated rings. The molecule has 0 aliphatic carbocycles. The molecule has 0 atom stereocenters. The molecule has 0 saturated heterocycles. The largest absolute Gasteiger partial charge is 0.419 e. The number of alkyl halides is 3. The number of benzene rings is 2. The van der Waals surface area contributed by atoms with Crippen molar-refractivity contribution in [2.24, 2.45) is 0 Å². The minimum atomic E-state index is -4.44. The van der Waals surface area contributed by atoms with E-state index in [2.05, 4.69) is 15.5 Å². The van der Waals surface area contributed by atoms with Crippen molar-refractivity contribution in [3.8, 4) is 11.5 Å². The van der Waals surface area contributed by atoms with E-state index in [0.717, 1.165) is 23.3 Å². The van der Waals surface area contributed by atoms with Crippen LogP contribution in [0.15, 0.2) is 46.9 Å². The van der Waals surface area contributed by atoms with Gasteiger partial charge in [-0.2, -0.15) is 13.2 Å². The lowest BCUT2D eigenvalue weighted by molar-refractivity contribution is -0.137. The maximum Gasteiger partial charge on any atom is 0.416 e. The smallest absolute Gasteiger partial charge is 0.416 e. The zero-order valence-corrected chi connectivity index (χ0v) is 13.8. The molecular formula is C17H13ClF3N3O. The van der Waals surface area contributed by atoms with Crippen molar-refractivity contribution in [3.05, 3.63) is 64.5 Å². The molecule has 130 valence electrons. The third-order valence-electron chi connectivity index (χ3n) is 3.57. The standard InChI is InChI=1S/C17H13ClF3N3O/c1-10-4-2-3-5-12(10)16-24-23-15(25-16)9-22-14-8-11(17(19,20)21)6-7-13(14)18/h2-8,22H,9H2,1H3. The van der Waals surface area contributed by atoms with Gasteiger partial charge in [-0.15, -0.1) is 10.2 Å². The molecule has 0 unspecified atom stereocenters.